The largest absolute Gasteiger partial charge is 0.464 e. The van der Waals surface area contributed by atoms with Gasteiger partial charge in [-0.25, -0.2) is 0 Å². The maximum absolute atomic E-state index is 13.3. The van der Waals surface area contributed by atoms with Crippen molar-refractivity contribution in [2.75, 3.05) is 24.3 Å². The predicted molar refractivity (Wildman–Crippen MR) is 160 cm³/mol. The summed E-state index contributed by atoms with van der Waals surface area (Å²) in [4.78, 5) is 26.0. The number of benzene rings is 3. The number of ether oxygens (including phenoxy) is 2. The summed E-state index contributed by atoms with van der Waals surface area (Å²) < 4.78 is 17.9. The zero-order valence-electron chi connectivity index (χ0n) is 23.4. The molecule has 0 spiro atoms. The Hall–Kier alpha value is -4.60. The SMILES string of the molecule is CCO[C@H]1OC(C(=O)NCc2ccc(C(=O)Nc3ccccc3N)cc2)=C[C@@H](c2coc3ccccc23)[C@@H]1CCCO. The van der Waals surface area contributed by atoms with Gasteiger partial charge in [-0.3, -0.25) is 9.59 Å². The summed E-state index contributed by atoms with van der Waals surface area (Å²) in [5.74, 6) is -0.832. The number of furan rings is 1. The number of fused-ring (bicyclic) bond motifs is 1. The molecule has 1 aromatic heterocycles. The molecule has 5 N–H and O–H groups in total. The molecule has 3 aromatic carbocycles. The summed E-state index contributed by atoms with van der Waals surface area (Å²) in [5, 5.41) is 16.2. The molecule has 4 aromatic rings. The second-order valence-electron chi connectivity index (χ2n) is 10.1. The molecule has 5 rings (SSSR count). The van der Waals surface area contributed by atoms with Crippen LogP contribution in [-0.4, -0.2) is 36.4 Å². The lowest BCUT2D eigenvalue weighted by atomic mass is 9.80. The van der Waals surface area contributed by atoms with Gasteiger partial charge in [0.15, 0.2) is 5.76 Å². The van der Waals surface area contributed by atoms with Gasteiger partial charge in [-0.2, -0.15) is 0 Å². The number of aliphatic hydroxyl groups excluding tert-OH is 1. The van der Waals surface area contributed by atoms with Crippen LogP contribution in [0.25, 0.3) is 11.0 Å². The zero-order chi connectivity index (χ0) is 29.5. The normalized spacial score (nSPS) is 18.2. The first kappa shape index (κ1) is 28.9. The van der Waals surface area contributed by atoms with Crippen molar-refractivity contribution in [1.29, 1.82) is 0 Å². The fourth-order valence-corrected chi connectivity index (χ4v) is 5.23. The molecule has 218 valence electrons. The fourth-order valence-electron chi connectivity index (χ4n) is 5.23. The fraction of sp³-hybridized carbons (Fsp3) is 0.273. The summed E-state index contributed by atoms with van der Waals surface area (Å²) in [5.41, 5.74) is 9.94. The topological polar surface area (TPSA) is 136 Å². The van der Waals surface area contributed by atoms with Crippen molar-refractivity contribution in [3.8, 4) is 0 Å². The van der Waals surface area contributed by atoms with Crippen LogP contribution in [0.3, 0.4) is 0 Å². The Balaban J connectivity index is 1.31. The molecule has 0 bridgehead atoms. The molecule has 0 saturated heterocycles. The standard InChI is InChI=1S/C33H35N3O6/c1-2-40-33-24(9-7-17-37)25(26-20-41-29-12-6-3-8-23(26)29)18-30(42-33)32(39)35-19-21-13-15-22(16-14-21)31(38)36-28-11-5-4-10-27(28)34/h3-6,8,10-16,18,20,24-25,33,37H,2,7,9,17,19,34H2,1H3,(H,35,39)(H,36,38)/t24-,25+,33-/m0/s1. The first-order chi connectivity index (χ1) is 20.5. The number of nitrogen functional groups attached to an aromatic ring is 1. The number of allylic oxidation sites excluding steroid dienone is 1. The first-order valence-corrected chi connectivity index (χ1v) is 14.1. The van der Waals surface area contributed by atoms with Gasteiger partial charge in [-0.05, 0) is 61.7 Å². The van der Waals surface area contributed by atoms with Crippen LogP contribution in [0, 0.1) is 5.92 Å². The van der Waals surface area contributed by atoms with E-state index in [4.69, 9.17) is 19.6 Å². The lowest BCUT2D eigenvalue weighted by Crippen LogP contribution is -2.38. The highest BCUT2D eigenvalue weighted by molar-refractivity contribution is 6.05. The highest BCUT2D eigenvalue weighted by atomic mass is 16.7. The summed E-state index contributed by atoms with van der Waals surface area (Å²) in [6.45, 7) is 2.57. The van der Waals surface area contributed by atoms with E-state index in [1.165, 1.54) is 0 Å². The van der Waals surface area contributed by atoms with Crippen LogP contribution in [0.1, 0.15) is 47.2 Å². The summed E-state index contributed by atoms with van der Waals surface area (Å²) in [6.07, 6.45) is 4.11. The lowest BCUT2D eigenvalue weighted by Gasteiger charge is -2.36. The second kappa shape index (κ2) is 13.4. The maximum atomic E-state index is 13.3. The van der Waals surface area contributed by atoms with E-state index < -0.39 is 6.29 Å². The number of hydrogen-bond donors (Lipinski definition) is 4. The van der Waals surface area contributed by atoms with Gasteiger partial charge in [0.2, 0.25) is 6.29 Å². The molecule has 9 heteroatoms. The second-order valence-corrected chi connectivity index (χ2v) is 10.1. The zero-order valence-corrected chi connectivity index (χ0v) is 23.4. The van der Waals surface area contributed by atoms with Gasteiger partial charge in [0.1, 0.15) is 5.58 Å². The number of nitrogens with one attached hydrogen (secondary N) is 2. The van der Waals surface area contributed by atoms with Crippen molar-refractivity contribution in [3.63, 3.8) is 0 Å². The minimum absolute atomic E-state index is 0.0476. The minimum Gasteiger partial charge on any atom is -0.464 e. The van der Waals surface area contributed by atoms with Crippen LogP contribution >= 0.6 is 0 Å². The number of rotatable bonds is 11. The monoisotopic (exact) mass is 569 g/mol. The number of nitrogens with two attached hydrogens (primary N) is 1. The van der Waals surface area contributed by atoms with Crippen LogP contribution < -0.4 is 16.4 Å². The van der Waals surface area contributed by atoms with Crippen LogP contribution in [0.5, 0.6) is 0 Å². The molecule has 3 atom stereocenters. The van der Waals surface area contributed by atoms with Crippen LogP contribution in [0.15, 0.2) is 95.3 Å². The quantitative estimate of drug-likeness (QED) is 0.179. The van der Waals surface area contributed by atoms with E-state index in [0.29, 0.717) is 36.4 Å². The van der Waals surface area contributed by atoms with Crippen molar-refractivity contribution < 1.29 is 28.6 Å². The van der Waals surface area contributed by atoms with Gasteiger partial charge in [0.25, 0.3) is 11.8 Å². The smallest absolute Gasteiger partial charge is 0.286 e. The van der Waals surface area contributed by atoms with Crippen molar-refractivity contribution in [2.45, 2.75) is 38.5 Å². The molecule has 42 heavy (non-hydrogen) atoms. The number of anilines is 2. The van der Waals surface area contributed by atoms with Crippen molar-refractivity contribution in [2.24, 2.45) is 5.92 Å². The Morgan fingerprint density at radius 1 is 1.00 bits per heavy atom. The van der Waals surface area contributed by atoms with Crippen molar-refractivity contribution in [1.82, 2.24) is 5.32 Å². The molecule has 1 aliphatic heterocycles. The molecule has 9 nitrogen and oxygen atoms in total. The third-order valence-corrected chi connectivity index (χ3v) is 7.38. The molecule has 1 aliphatic rings. The molecular weight excluding hydrogens is 534 g/mol. The van der Waals surface area contributed by atoms with E-state index in [-0.39, 0.29) is 42.6 Å². The average Bonchev–Trinajstić information content (AvgIpc) is 3.44. The van der Waals surface area contributed by atoms with E-state index in [1.807, 2.05) is 37.3 Å². The van der Waals surface area contributed by atoms with Crippen LogP contribution in [-0.2, 0) is 20.8 Å². The molecule has 2 amide bonds. The number of carbonyl (C=O) groups is 2. The number of amides is 2. The molecule has 0 aliphatic carbocycles. The molecule has 0 unspecified atom stereocenters. The van der Waals surface area contributed by atoms with Gasteiger partial charge in [-0.1, -0.05) is 42.5 Å². The van der Waals surface area contributed by atoms with E-state index >= 15 is 0 Å². The van der Waals surface area contributed by atoms with Crippen LogP contribution in [0.2, 0.25) is 0 Å². The van der Waals surface area contributed by atoms with Gasteiger partial charge in [0, 0.05) is 48.1 Å². The van der Waals surface area contributed by atoms with Gasteiger partial charge >= 0.3 is 0 Å². The van der Waals surface area contributed by atoms with Crippen molar-refractivity contribution >= 4 is 34.2 Å². The predicted octanol–water partition coefficient (Wildman–Crippen LogP) is 5.33. The number of para-hydroxylation sites is 3. The first-order valence-electron chi connectivity index (χ1n) is 14.1. The summed E-state index contributed by atoms with van der Waals surface area (Å²) >= 11 is 0. The average molecular weight is 570 g/mol. The maximum Gasteiger partial charge on any atom is 0.286 e. The molecule has 2 heterocycles. The Morgan fingerprint density at radius 2 is 1.76 bits per heavy atom. The van der Waals surface area contributed by atoms with E-state index in [0.717, 1.165) is 22.1 Å². The summed E-state index contributed by atoms with van der Waals surface area (Å²) in [6, 6.07) is 21.8. The van der Waals surface area contributed by atoms with Gasteiger partial charge in [0.05, 0.1) is 17.6 Å². The Bertz CT molecular complexity index is 1560. The van der Waals surface area contributed by atoms with Gasteiger partial charge < -0.3 is 35.4 Å². The van der Waals surface area contributed by atoms with E-state index in [1.54, 1.807) is 54.8 Å². The molecule has 0 fully saturated rings. The Labute approximate surface area is 244 Å². The van der Waals surface area contributed by atoms with Crippen LogP contribution in [0.4, 0.5) is 11.4 Å². The minimum atomic E-state index is -0.664. The highest BCUT2D eigenvalue weighted by Gasteiger charge is 2.39. The third kappa shape index (κ3) is 6.48. The third-order valence-electron chi connectivity index (χ3n) is 7.38. The van der Waals surface area contributed by atoms with E-state index in [2.05, 4.69) is 10.6 Å². The Kier molecular flexibility index (Phi) is 9.21. The van der Waals surface area contributed by atoms with Gasteiger partial charge in [-0.15, -0.1) is 0 Å². The molecule has 0 radical (unpaired) electrons. The molecule has 0 saturated carbocycles. The Morgan fingerprint density at radius 3 is 2.52 bits per heavy atom. The number of aliphatic hydroxyl groups is 1. The number of carbonyl (C=O) groups excluding carboxylic acids is 2. The summed E-state index contributed by atoms with van der Waals surface area (Å²) in [7, 11) is 0. The molecular formula is C33H35N3O6. The highest BCUT2D eigenvalue weighted by Crippen LogP contribution is 2.42. The number of hydrogen-bond acceptors (Lipinski definition) is 7. The lowest BCUT2D eigenvalue weighted by molar-refractivity contribution is -0.166. The van der Waals surface area contributed by atoms with E-state index in [9.17, 15) is 14.7 Å². The van der Waals surface area contributed by atoms with Crippen molar-refractivity contribution in [3.05, 3.63) is 108 Å².